The second-order valence-corrected chi connectivity index (χ2v) is 12.4. The number of carbonyl (C=O) groups excluding carboxylic acids is 2. The van der Waals surface area contributed by atoms with Crippen LogP contribution in [-0.4, -0.2) is 94.4 Å². The molecule has 0 bridgehead atoms. The second kappa shape index (κ2) is 17.0. The van der Waals surface area contributed by atoms with Crippen LogP contribution in [0.3, 0.4) is 0 Å². The average molecular weight is 647 g/mol. The van der Waals surface area contributed by atoms with Crippen LogP contribution in [0.15, 0.2) is 67.0 Å². The topological polar surface area (TPSA) is 142 Å². The fourth-order valence-electron chi connectivity index (χ4n) is 5.61. The lowest BCUT2D eigenvalue weighted by Crippen LogP contribution is -2.47. The van der Waals surface area contributed by atoms with E-state index in [4.69, 9.17) is 9.47 Å². The predicted molar refractivity (Wildman–Crippen MR) is 179 cm³/mol. The van der Waals surface area contributed by atoms with Crippen LogP contribution in [0.5, 0.6) is 5.75 Å². The number of anilines is 1. The number of carbonyl (C=O) groups is 3. The minimum absolute atomic E-state index is 0.106. The number of aliphatic hydroxyl groups is 1. The molecule has 2 amide bonds. The van der Waals surface area contributed by atoms with Crippen molar-refractivity contribution in [3.05, 3.63) is 89.2 Å². The maximum absolute atomic E-state index is 14.3. The molecule has 0 spiro atoms. The number of pyridine rings is 1. The zero-order valence-corrected chi connectivity index (χ0v) is 27.6. The van der Waals surface area contributed by atoms with E-state index in [-0.39, 0.29) is 42.1 Å². The van der Waals surface area contributed by atoms with Crippen molar-refractivity contribution in [3.63, 3.8) is 0 Å². The van der Waals surface area contributed by atoms with E-state index >= 15 is 0 Å². The van der Waals surface area contributed by atoms with E-state index in [1.807, 2.05) is 33.0 Å². The number of rotatable bonds is 9. The number of nitrogens with zero attached hydrogens (tertiary/aromatic N) is 3. The Bertz CT molecular complexity index is 1480. The van der Waals surface area contributed by atoms with Gasteiger partial charge in [-0.05, 0) is 88.2 Å². The summed E-state index contributed by atoms with van der Waals surface area (Å²) < 4.78 is 12.7. The van der Waals surface area contributed by atoms with Crippen molar-refractivity contribution in [1.29, 1.82) is 0 Å². The third-order valence-corrected chi connectivity index (χ3v) is 8.40. The van der Waals surface area contributed by atoms with E-state index in [9.17, 15) is 24.6 Å². The van der Waals surface area contributed by atoms with Gasteiger partial charge in [-0.15, -0.1) is 0 Å². The summed E-state index contributed by atoms with van der Waals surface area (Å²) in [6.07, 6.45) is 5.19. The highest BCUT2D eigenvalue weighted by molar-refractivity contribution is 6.05. The Kier molecular flexibility index (Phi) is 12.9. The molecule has 4 atom stereocenters. The highest BCUT2D eigenvalue weighted by Gasteiger charge is 2.30. The van der Waals surface area contributed by atoms with E-state index in [1.165, 1.54) is 0 Å². The number of nitrogens with one attached hydrogen (secondary N) is 1. The minimum atomic E-state index is -0.961. The first-order valence-electron chi connectivity index (χ1n) is 16.1. The molecule has 47 heavy (non-hydrogen) atoms. The Morgan fingerprint density at radius 3 is 2.47 bits per heavy atom. The molecule has 2 aromatic carbocycles. The molecule has 11 nitrogen and oxygen atoms in total. The summed E-state index contributed by atoms with van der Waals surface area (Å²) in [6, 6.07) is 14.6. The first kappa shape index (κ1) is 35.5. The van der Waals surface area contributed by atoms with Crippen LogP contribution < -0.4 is 10.1 Å². The average Bonchev–Trinajstić information content (AvgIpc) is 3.06. The van der Waals surface area contributed by atoms with E-state index in [2.05, 4.69) is 15.2 Å². The molecule has 0 unspecified atom stereocenters. The maximum atomic E-state index is 14.3. The van der Waals surface area contributed by atoms with Crippen molar-refractivity contribution in [1.82, 2.24) is 14.8 Å². The lowest BCUT2D eigenvalue weighted by Gasteiger charge is -2.36. The van der Waals surface area contributed by atoms with Gasteiger partial charge in [0.1, 0.15) is 5.75 Å². The highest BCUT2D eigenvalue weighted by atomic mass is 16.5. The molecule has 1 aliphatic heterocycles. The molecule has 3 N–H and O–H groups in total. The smallest absolute Gasteiger partial charge is 0.335 e. The third-order valence-electron chi connectivity index (χ3n) is 8.40. The quantitative estimate of drug-likeness (QED) is 0.294. The van der Waals surface area contributed by atoms with Gasteiger partial charge in [-0.1, -0.05) is 19.1 Å². The maximum Gasteiger partial charge on any atom is 0.335 e. The summed E-state index contributed by atoms with van der Waals surface area (Å²) in [7, 11) is 1.99. The third kappa shape index (κ3) is 10.1. The van der Waals surface area contributed by atoms with Gasteiger partial charge in [-0.25, -0.2) is 4.79 Å². The largest absolute Gasteiger partial charge is 0.490 e. The van der Waals surface area contributed by atoms with Crippen molar-refractivity contribution >= 4 is 23.5 Å². The Balaban J connectivity index is 1.59. The fraction of sp³-hybridized carbons (Fsp3) is 0.444. The number of hydrogen-bond donors (Lipinski definition) is 3. The van der Waals surface area contributed by atoms with Gasteiger partial charge in [-0.3, -0.25) is 19.5 Å². The number of aromatic carboxylic acids is 1. The number of carboxylic acids is 1. The summed E-state index contributed by atoms with van der Waals surface area (Å²) in [5.41, 5.74) is 2.41. The number of aromatic nitrogens is 1. The second-order valence-electron chi connectivity index (χ2n) is 12.4. The molecule has 0 fully saturated rings. The standard InChI is InChI=1S/C36H46N4O7/c1-24-20-40(25(2)23-41)35(43)31-19-30(38-34(42)28-14-16-37-17-15-28)12-13-32(31)47-26(3)7-5-6-18-46-33(24)22-39(4)21-27-8-10-29(11-9-27)36(44)45/h8-17,19,24-26,33,41H,5-7,18,20-23H2,1-4H3,(H,38,42)(H,44,45)/t24-,25+,26+,33+/m0/s1. The Morgan fingerprint density at radius 1 is 1.06 bits per heavy atom. The number of likely N-dealkylation sites (N-methyl/N-ethyl adjacent to an activating group) is 1. The van der Waals surface area contributed by atoms with E-state index in [0.29, 0.717) is 48.8 Å². The molecule has 1 aromatic heterocycles. The number of hydrogen-bond acceptors (Lipinski definition) is 8. The number of ether oxygens (including phenoxy) is 2. The Labute approximate surface area is 276 Å². The van der Waals surface area contributed by atoms with Gasteiger partial charge < -0.3 is 29.9 Å². The van der Waals surface area contributed by atoms with Gasteiger partial charge in [0.05, 0.1) is 36.0 Å². The molecule has 252 valence electrons. The van der Waals surface area contributed by atoms with Crippen LogP contribution in [0.4, 0.5) is 5.69 Å². The Morgan fingerprint density at radius 2 is 1.79 bits per heavy atom. The van der Waals surface area contributed by atoms with Crippen LogP contribution in [0.25, 0.3) is 0 Å². The Hall–Kier alpha value is -4.32. The molecule has 0 radical (unpaired) electrons. The van der Waals surface area contributed by atoms with E-state index < -0.39 is 12.0 Å². The molecule has 1 aliphatic rings. The van der Waals surface area contributed by atoms with Gasteiger partial charge in [0.2, 0.25) is 0 Å². The molecule has 11 heteroatoms. The first-order valence-corrected chi connectivity index (χ1v) is 16.1. The molecule has 0 saturated heterocycles. The predicted octanol–water partition coefficient (Wildman–Crippen LogP) is 4.96. The van der Waals surface area contributed by atoms with Crippen LogP contribution in [0, 0.1) is 5.92 Å². The van der Waals surface area contributed by atoms with Crippen molar-refractivity contribution in [3.8, 4) is 5.75 Å². The molecule has 0 aliphatic carbocycles. The number of benzene rings is 2. The fourth-order valence-corrected chi connectivity index (χ4v) is 5.61. The molecular weight excluding hydrogens is 600 g/mol. The van der Waals surface area contributed by atoms with Gasteiger partial charge in [-0.2, -0.15) is 0 Å². The molecule has 0 saturated carbocycles. The zero-order valence-electron chi connectivity index (χ0n) is 27.6. The van der Waals surface area contributed by atoms with Crippen LogP contribution >= 0.6 is 0 Å². The summed E-state index contributed by atoms with van der Waals surface area (Å²) in [5, 5.41) is 22.3. The van der Waals surface area contributed by atoms with Crippen LogP contribution in [0.1, 0.15) is 76.7 Å². The normalized spacial score (nSPS) is 20.1. The van der Waals surface area contributed by atoms with Gasteiger partial charge in [0.25, 0.3) is 11.8 Å². The molecule has 2 heterocycles. The number of aliphatic hydroxyl groups excluding tert-OH is 1. The minimum Gasteiger partial charge on any atom is -0.490 e. The SMILES string of the molecule is C[C@@H]1CCCCO[C@H](CN(C)Cc2ccc(C(=O)O)cc2)[C@@H](C)CN([C@H](C)CO)C(=O)c2cc(NC(=O)c3ccncc3)ccc2O1. The number of amides is 2. The summed E-state index contributed by atoms with van der Waals surface area (Å²) in [5.74, 6) is -1.29. The molecule has 4 rings (SSSR count). The van der Waals surface area contributed by atoms with Crippen molar-refractivity contribution in [2.24, 2.45) is 5.92 Å². The van der Waals surface area contributed by atoms with Crippen LogP contribution in [0.2, 0.25) is 0 Å². The van der Waals surface area contributed by atoms with Crippen molar-refractivity contribution < 1.29 is 34.1 Å². The van der Waals surface area contributed by atoms with E-state index in [0.717, 1.165) is 24.8 Å². The summed E-state index contributed by atoms with van der Waals surface area (Å²) in [4.78, 5) is 46.2. The molecule has 3 aromatic rings. The molecular formula is C36H46N4O7. The zero-order chi connectivity index (χ0) is 33.9. The lowest BCUT2D eigenvalue weighted by molar-refractivity contribution is -0.0177. The highest BCUT2D eigenvalue weighted by Crippen LogP contribution is 2.29. The van der Waals surface area contributed by atoms with Crippen molar-refractivity contribution in [2.45, 2.75) is 64.8 Å². The first-order chi connectivity index (χ1) is 22.5. The summed E-state index contributed by atoms with van der Waals surface area (Å²) in [6.45, 7) is 7.63. The van der Waals surface area contributed by atoms with Gasteiger partial charge >= 0.3 is 5.97 Å². The van der Waals surface area contributed by atoms with Gasteiger partial charge in [0, 0.05) is 55.8 Å². The lowest BCUT2D eigenvalue weighted by atomic mass is 10.0. The van der Waals surface area contributed by atoms with Crippen molar-refractivity contribution in [2.75, 3.05) is 38.7 Å². The van der Waals surface area contributed by atoms with Crippen LogP contribution in [-0.2, 0) is 11.3 Å². The van der Waals surface area contributed by atoms with Gasteiger partial charge in [0.15, 0.2) is 0 Å². The monoisotopic (exact) mass is 646 g/mol. The van der Waals surface area contributed by atoms with E-state index in [1.54, 1.807) is 66.7 Å². The number of carboxylic acid groups (broad SMARTS) is 1. The summed E-state index contributed by atoms with van der Waals surface area (Å²) >= 11 is 0. The number of fused-ring (bicyclic) bond motifs is 1.